The molecule has 1 aliphatic rings. The van der Waals surface area contributed by atoms with E-state index in [4.69, 9.17) is 4.74 Å². The van der Waals surface area contributed by atoms with Gasteiger partial charge in [-0.1, -0.05) is 24.3 Å². The number of hydrogen-bond donors (Lipinski definition) is 1. The number of benzene rings is 2. The van der Waals surface area contributed by atoms with Crippen molar-refractivity contribution in [1.82, 2.24) is 25.5 Å². The van der Waals surface area contributed by atoms with Gasteiger partial charge in [-0.3, -0.25) is 4.79 Å². The largest absolute Gasteiger partial charge is 0.497 e. The van der Waals surface area contributed by atoms with E-state index in [-0.39, 0.29) is 11.9 Å². The molecule has 27 heavy (non-hydrogen) atoms. The van der Waals surface area contributed by atoms with Crippen LogP contribution in [0.5, 0.6) is 5.75 Å². The number of nitrogens with one attached hydrogen (secondary N) is 1. The molecule has 0 radical (unpaired) electrons. The lowest BCUT2D eigenvalue weighted by atomic mass is 10.0. The monoisotopic (exact) mass is 363 g/mol. The molecule has 2 aromatic carbocycles. The molecule has 1 aliphatic carbocycles. The number of methoxy groups -OCH3 is 1. The van der Waals surface area contributed by atoms with Crippen LogP contribution in [0.25, 0.3) is 5.69 Å². The summed E-state index contributed by atoms with van der Waals surface area (Å²) in [4.78, 5) is 12.6. The van der Waals surface area contributed by atoms with Crippen molar-refractivity contribution in [2.24, 2.45) is 5.92 Å². The van der Waals surface area contributed by atoms with Gasteiger partial charge in [0.25, 0.3) is 0 Å². The van der Waals surface area contributed by atoms with E-state index in [1.54, 1.807) is 11.8 Å². The predicted molar refractivity (Wildman–Crippen MR) is 99.5 cm³/mol. The van der Waals surface area contributed by atoms with E-state index in [0.717, 1.165) is 35.4 Å². The van der Waals surface area contributed by atoms with Crippen molar-refractivity contribution >= 4 is 5.91 Å². The van der Waals surface area contributed by atoms with Crippen LogP contribution in [-0.2, 0) is 11.2 Å². The molecule has 1 amide bonds. The second kappa shape index (κ2) is 7.57. The van der Waals surface area contributed by atoms with Crippen molar-refractivity contribution in [2.75, 3.05) is 7.11 Å². The number of rotatable bonds is 7. The second-order valence-corrected chi connectivity index (χ2v) is 6.75. The van der Waals surface area contributed by atoms with Crippen LogP contribution >= 0.6 is 0 Å². The zero-order chi connectivity index (χ0) is 18.6. The predicted octanol–water partition coefficient (Wildman–Crippen LogP) is 2.48. The van der Waals surface area contributed by atoms with Gasteiger partial charge in [-0.15, -0.1) is 5.10 Å². The molecule has 0 aliphatic heterocycles. The minimum Gasteiger partial charge on any atom is -0.497 e. The van der Waals surface area contributed by atoms with Gasteiger partial charge in [0.15, 0.2) is 0 Å². The molecule has 1 aromatic heterocycles. The van der Waals surface area contributed by atoms with Gasteiger partial charge in [-0.05, 0) is 64.6 Å². The summed E-state index contributed by atoms with van der Waals surface area (Å²) in [5.41, 5.74) is 2.94. The van der Waals surface area contributed by atoms with Gasteiger partial charge in [0.05, 0.1) is 25.3 Å². The summed E-state index contributed by atoms with van der Waals surface area (Å²) in [5.74, 6) is 1.37. The Morgan fingerprint density at radius 3 is 2.52 bits per heavy atom. The van der Waals surface area contributed by atoms with E-state index in [2.05, 4.69) is 20.8 Å². The van der Waals surface area contributed by atoms with Crippen LogP contribution < -0.4 is 10.1 Å². The Bertz CT molecular complexity index is 887. The first-order valence-corrected chi connectivity index (χ1v) is 8.98. The Balaban J connectivity index is 1.41. The summed E-state index contributed by atoms with van der Waals surface area (Å²) in [5, 5.41) is 14.3. The molecule has 1 atom stereocenters. The average Bonchev–Trinajstić information content (AvgIpc) is 3.40. The molecule has 1 unspecified atom stereocenters. The van der Waals surface area contributed by atoms with Gasteiger partial charge in [-0.25, -0.2) is 4.68 Å². The first-order valence-electron chi connectivity index (χ1n) is 8.98. The maximum absolute atomic E-state index is 12.6. The van der Waals surface area contributed by atoms with Crippen molar-refractivity contribution in [3.05, 3.63) is 66.0 Å². The third-order valence-corrected chi connectivity index (χ3v) is 4.80. The number of carbonyl (C=O) groups is 1. The van der Waals surface area contributed by atoms with Gasteiger partial charge in [0.2, 0.25) is 5.91 Å². The normalized spacial score (nSPS) is 14.6. The van der Waals surface area contributed by atoms with Crippen LogP contribution in [0.2, 0.25) is 0 Å². The van der Waals surface area contributed by atoms with Crippen LogP contribution in [0.3, 0.4) is 0 Å². The van der Waals surface area contributed by atoms with Gasteiger partial charge < -0.3 is 10.1 Å². The Labute approximate surface area is 157 Å². The number of hydrogen-bond acceptors (Lipinski definition) is 5. The minimum atomic E-state index is 0.0258. The molecule has 1 heterocycles. The second-order valence-electron chi connectivity index (χ2n) is 6.75. The zero-order valence-electron chi connectivity index (χ0n) is 15.1. The van der Waals surface area contributed by atoms with Gasteiger partial charge in [-0.2, -0.15) is 0 Å². The molecule has 1 fully saturated rings. The highest BCUT2D eigenvalue weighted by atomic mass is 16.5. The van der Waals surface area contributed by atoms with Crippen molar-refractivity contribution in [3.63, 3.8) is 0 Å². The zero-order valence-corrected chi connectivity index (χ0v) is 15.1. The molecule has 1 N–H and O–H groups in total. The highest BCUT2D eigenvalue weighted by Gasteiger charge is 2.33. The third-order valence-electron chi connectivity index (χ3n) is 4.80. The Morgan fingerprint density at radius 2 is 1.93 bits per heavy atom. The molecule has 7 heteroatoms. The van der Waals surface area contributed by atoms with Gasteiger partial charge in [0, 0.05) is 0 Å². The molecule has 0 spiro atoms. The maximum Gasteiger partial charge on any atom is 0.224 e. The van der Waals surface area contributed by atoms with E-state index in [1.165, 1.54) is 6.33 Å². The number of aromatic nitrogens is 4. The minimum absolute atomic E-state index is 0.0258. The summed E-state index contributed by atoms with van der Waals surface area (Å²) in [6, 6.07) is 15.7. The fourth-order valence-electron chi connectivity index (χ4n) is 3.17. The molecule has 7 nitrogen and oxygen atoms in total. The fourth-order valence-corrected chi connectivity index (χ4v) is 3.17. The SMILES string of the molecule is COc1ccc(C(NC(=O)Cc2ccc(-n3cnnn3)cc2)C2CC2)cc1. The fraction of sp³-hybridized carbons (Fsp3) is 0.300. The summed E-state index contributed by atoms with van der Waals surface area (Å²) in [6.45, 7) is 0. The van der Waals surface area contributed by atoms with Gasteiger partial charge in [0.1, 0.15) is 12.1 Å². The smallest absolute Gasteiger partial charge is 0.224 e. The third kappa shape index (κ3) is 4.13. The molecule has 0 bridgehead atoms. The molecule has 4 rings (SSSR count). The van der Waals surface area contributed by atoms with Crippen molar-refractivity contribution < 1.29 is 9.53 Å². The average molecular weight is 363 g/mol. The van der Waals surface area contributed by atoms with Gasteiger partial charge >= 0.3 is 0 Å². The summed E-state index contributed by atoms with van der Waals surface area (Å²) in [6.07, 6.45) is 4.18. The lowest BCUT2D eigenvalue weighted by molar-refractivity contribution is -0.121. The van der Waals surface area contributed by atoms with Crippen LogP contribution in [-0.4, -0.2) is 33.2 Å². The number of nitrogens with zero attached hydrogens (tertiary/aromatic N) is 4. The first kappa shape index (κ1) is 17.2. The Kier molecular flexibility index (Phi) is 4.82. The lowest BCUT2D eigenvalue weighted by Crippen LogP contribution is -2.31. The summed E-state index contributed by atoms with van der Waals surface area (Å²) < 4.78 is 6.80. The number of ether oxygens (including phenoxy) is 1. The van der Waals surface area contributed by atoms with E-state index in [0.29, 0.717) is 12.3 Å². The molecule has 138 valence electrons. The summed E-state index contributed by atoms with van der Waals surface area (Å²) in [7, 11) is 1.65. The number of carbonyl (C=O) groups excluding carboxylic acids is 1. The molecular formula is C20H21N5O2. The van der Waals surface area contributed by atoms with Crippen LogP contribution in [0.4, 0.5) is 0 Å². The van der Waals surface area contributed by atoms with E-state index >= 15 is 0 Å². The van der Waals surface area contributed by atoms with Crippen LogP contribution in [0.1, 0.15) is 30.0 Å². The highest BCUT2D eigenvalue weighted by molar-refractivity contribution is 5.79. The molecule has 1 saturated carbocycles. The Hall–Kier alpha value is -3.22. The number of amides is 1. The molecular weight excluding hydrogens is 342 g/mol. The summed E-state index contributed by atoms with van der Waals surface area (Å²) >= 11 is 0. The molecule has 3 aromatic rings. The van der Waals surface area contributed by atoms with Crippen LogP contribution in [0.15, 0.2) is 54.9 Å². The maximum atomic E-state index is 12.6. The van der Waals surface area contributed by atoms with Crippen molar-refractivity contribution in [3.8, 4) is 11.4 Å². The molecule has 0 saturated heterocycles. The van der Waals surface area contributed by atoms with E-state index in [1.807, 2.05) is 48.5 Å². The lowest BCUT2D eigenvalue weighted by Gasteiger charge is -2.19. The standard InChI is InChI=1S/C20H21N5O2/c1-27-18-10-6-16(7-11-18)20(15-4-5-15)22-19(26)12-14-2-8-17(9-3-14)25-13-21-23-24-25/h2-3,6-11,13,15,20H,4-5,12H2,1H3,(H,22,26). The van der Waals surface area contributed by atoms with E-state index in [9.17, 15) is 4.79 Å². The topological polar surface area (TPSA) is 81.9 Å². The van der Waals surface area contributed by atoms with Crippen molar-refractivity contribution in [2.45, 2.75) is 25.3 Å². The number of tetrazole rings is 1. The first-order chi connectivity index (χ1) is 13.2. The van der Waals surface area contributed by atoms with Crippen LogP contribution in [0, 0.1) is 5.92 Å². The Morgan fingerprint density at radius 1 is 1.19 bits per heavy atom. The van der Waals surface area contributed by atoms with E-state index < -0.39 is 0 Å². The van der Waals surface area contributed by atoms with Crippen molar-refractivity contribution in [1.29, 1.82) is 0 Å². The highest BCUT2D eigenvalue weighted by Crippen LogP contribution is 2.41. The quantitative estimate of drug-likeness (QED) is 0.697.